The zero-order chi connectivity index (χ0) is 14.3. The summed E-state index contributed by atoms with van der Waals surface area (Å²) in [6.07, 6.45) is 4.96. The number of aryl methyl sites for hydroxylation is 1. The van der Waals surface area contributed by atoms with E-state index >= 15 is 0 Å². The maximum absolute atomic E-state index is 6.05. The highest BCUT2D eigenvalue weighted by molar-refractivity contribution is 6.30. The Balaban J connectivity index is 2.71. The van der Waals surface area contributed by atoms with Gasteiger partial charge in [-0.25, -0.2) is 0 Å². The van der Waals surface area contributed by atoms with Crippen LogP contribution in [0.25, 0.3) is 0 Å². The molecule has 108 valence electrons. The fourth-order valence-corrected chi connectivity index (χ4v) is 2.67. The predicted octanol–water partition coefficient (Wildman–Crippen LogP) is 5.52. The molecule has 0 amide bonds. The number of hydrogen-bond donors (Lipinski definition) is 1. The molecule has 1 unspecified atom stereocenters. The van der Waals surface area contributed by atoms with Gasteiger partial charge >= 0.3 is 0 Å². The summed E-state index contributed by atoms with van der Waals surface area (Å²) in [7, 11) is 0. The van der Waals surface area contributed by atoms with E-state index < -0.39 is 0 Å². The summed E-state index contributed by atoms with van der Waals surface area (Å²) < 4.78 is 0. The van der Waals surface area contributed by atoms with E-state index in [1.165, 1.54) is 36.8 Å². The molecule has 0 aliphatic rings. The number of halogens is 1. The lowest BCUT2D eigenvalue weighted by Crippen LogP contribution is -2.23. The van der Waals surface area contributed by atoms with Crippen molar-refractivity contribution in [2.75, 3.05) is 6.54 Å². The van der Waals surface area contributed by atoms with Crippen molar-refractivity contribution in [1.29, 1.82) is 0 Å². The van der Waals surface area contributed by atoms with Gasteiger partial charge in [-0.1, -0.05) is 51.3 Å². The van der Waals surface area contributed by atoms with Crippen molar-refractivity contribution >= 4 is 11.6 Å². The van der Waals surface area contributed by atoms with Gasteiger partial charge in [-0.05, 0) is 55.5 Å². The Bertz CT molecular complexity index is 374. The molecule has 0 radical (unpaired) electrons. The SMILES string of the molecule is CCCNC(CCCC(C)C)c1ccc(Cl)cc1C. The first kappa shape index (κ1) is 16.5. The Morgan fingerprint density at radius 1 is 1.21 bits per heavy atom. The van der Waals surface area contributed by atoms with E-state index in [-0.39, 0.29) is 0 Å². The second-order valence-electron chi connectivity index (χ2n) is 5.83. The number of nitrogens with one attached hydrogen (secondary N) is 1. The quantitative estimate of drug-likeness (QED) is 0.662. The summed E-state index contributed by atoms with van der Waals surface area (Å²) in [5, 5.41) is 4.51. The molecule has 0 aliphatic heterocycles. The Morgan fingerprint density at radius 2 is 1.95 bits per heavy atom. The van der Waals surface area contributed by atoms with Crippen LogP contribution in [0.4, 0.5) is 0 Å². The maximum Gasteiger partial charge on any atom is 0.0408 e. The summed E-state index contributed by atoms with van der Waals surface area (Å²) in [5.74, 6) is 0.790. The van der Waals surface area contributed by atoms with Crippen LogP contribution in [0.2, 0.25) is 5.02 Å². The van der Waals surface area contributed by atoms with E-state index in [0.717, 1.165) is 17.5 Å². The zero-order valence-corrected chi connectivity index (χ0v) is 13.6. The average molecular weight is 282 g/mol. The summed E-state index contributed by atoms with van der Waals surface area (Å²) in [6, 6.07) is 6.73. The Hall–Kier alpha value is -0.530. The van der Waals surface area contributed by atoms with Crippen molar-refractivity contribution in [2.45, 2.75) is 59.4 Å². The highest BCUT2D eigenvalue weighted by Crippen LogP contribution is 2.26. The molecule has 2 heteroatoms. The molecular formula is C17H28ClN. The normalized spacial score (nSPS) is 12.9. The minimum absolute atomic E-state index is 0.468. The molecule has 0 aromatic heterocycles. The van der Waals surface area contributed by atoms with Crippen molar-refractivity contribution in [3.63, 3.8) is 0 Å². The molecule has 1 rings (SSSR count). The van der Waals surface area contributed by atoms with Crippen molar-refractivity contribution in [1.82, 2.24) is 5.32 Å². The Labute approximate surface area is 123 Å². The number of rotatable bonds is 8. The number of benzene rings is 1. The third-order valence-corrected chi connectivity index (χ3v) is 3.76. The van der Waals surface area contributed by atoms with Gasteiger partial charge in [-0.15, -0.1) is 0 Å². The lowest BCUT2D eigenvalue weighted by molar-refractivity contribution is 0.446. The fourth-order valence-electron chi connectivity index (χ4n) is 2.45. The van der Waals surface area contributed by atoms with Crippen LogP contribution in [0.1, 0.15) is 63.6 Å². The zero-order valence-electron chi connectivity index (χ0n) is 12.8. The van der Waals surface area contributed by atoms with Crippen LogP contribution in [-0.4, -0.2) is 6.54 Å². The molecule has 1 aromatic carbocycles. The Kier molecular flexibility index (Phi) is 7.48. The van der Waals surface area contributed by atoms with Crippen LogP contribution in [0.5, 0.6) is 0 Å². The number of hydrogen-bond acceptors (Lipinski definition) is 1. The van der Waals surface area contributed by atoms with Crippen LogP contribution in [0.15, 0.2) is 18.2 Å². The van der Waals surface area contributed by atoms with E-state index in [1.54, 1.807) is 0 Å². The third-order valence-electron chi connectivity index (χ3n) is 3.52. The van der Waals surface area contributed by atoms with Crippen LogP contribution in [-0.2, 0) is 0 Å². The molecule has 0 aliphatic carbocycles. The van der Waals surface area contributed by atoms with Gasteiger partial charge in [0.2, 0.25) is 0 Å². The van der Waals surface area contributed by atoms with Crippen LogP contribution < -0.4 is 5.32 Å². The van der Waals surface area contributed by atoms with Gasteiger partial charge < -0.3 is 5.32 Å². The van der Waals surface area contributed by atoms with E-state index in [0.29, 0.717) is 6.04 Å². The van der Waals surface area contributed by atoms with Gasteiger partial charge in [-0.2, -0.15) is 0 Å². The molecule has 1 nitrogen and oxygen atoms in total. The van der Waals surface area contributed by atoms with Crippen LogP contribution >= 0.6 is 11.6 Å². The minimum atomic E-state index is 0.468. The molecule has 1 atom stereocenters. The molecule has 0 bridgehead atoms. The summed E-state index contributed by atoms with van der Waals surface area (Å²) in [6.45, 7) is 10.0. The Morgan fingerprint density at radius 3 is 2.53 bits per heavy atom. The van der Waals surface area contributed by atoms with Gasteiger partial charge in [0.25, 0.3) is 0 Å². The minimum Gasteiger partial charge on any atom is -0.310 e. The molecule has 0 spiro atoms. The van der Waals surface area contributed by atoms with Crippen molar-refractivity contribution < 1.29 is 0 Å². The molecule has 1 N–H and O–H groups in total. The van der Waals surface area contributed by atoms with Crippen LogP contribution in [0.3, 0.4) is 0 Å². The first-order chi connectivity index (χ1) is 9.04. The standard InChI is InChI=1S/C17H28ClN/c1-5-11-19-17(8-6-7-13(2)3)16-10-9-15(18)12-14(16)4/h9-10,12-13,17,19H,5-8,11H2,1-4H3. The van der Waals surface area contributed by atoms with Gasteiger partial charge in [0.15, 0.2) is 0 Å². The second-order valence-corrected chi connectivity index (χ2v) is 6.27. The van der Waals surface area contributed by atoms with Gasteiger partial charge in [0, 0.05) is 11.1 Å². The molecule has 1 aromatic rings. The van der Waals surface area contributed by atoms with Gasteiger partial charge in [0.05, 0.1) is 0 Å². The lowest BCUT2D eigenvalue weighted by atomic mass is 9.95. The highest BCUT2D eigenvalue weighted by Gasteiger charge is 2.13. The van der Waals surface area contributed by atoms with Gasteiger partial charge in [-0.3, -0.25) is 0 Å². The van der Waals surface area contributed by atoms with Crippen molar-refractivity contribution in [3.8, 4) is 0 Å². The molecule has 0 heterocycles. The van der Waals surface area contributed by atoms with E-state index in [4.69, 9.17) is 11.6 Å². The van der Waals surface area contributed by atoms with Crippen molar-refractivity contribution in [2.24, 2.45) is 5.92 Å². The second kappa shape index (κ2) is 8.60. The monoisotopic (exact) mass is 281 g/mol. The van der Waals surface area contributed by atoms with Crippen LogP contribution in [0, 0.1) is 12.8 Å². The predicted molar refractivity (Wildman–Crippen MR) is 85.9 cm³/mol. The summed E-state index contributed by atoms with van der Waals surface area (Å²) >= 11 is 6.05. The lowest BCUT2D eigenvalue weighted by Gasteiger charge is -2.21. The summed E-state index contributed by atoms with van der Waals surface area (Å²) in [5.41, 5.74) is 2.70. The first-order valence-electron chi connectivity index (χ1n) is 7.54. The average Bonchev–Trinajstić information content (AvgIpc) is 2.34. The molecule has 0 fully saturated rings. The largest absolute Gasteiger partial charge is 0.310 e. The molecule has 0 saturated heterocycles. The summed E-state index contributed by atoms with van der Waals surface area (Å²) in [4.78, 5) is 0. The van der Waals surface area contributed by atoms with E-state index in [1.807, 2.05) is 6.07 Å². The molecule has 19 heavy (non-hydrogen) atoms. The smallest absolute Gasteiger partial charge is 0.0408 e. The van der Waals surface area contributed by atoms with Crippen molar-refractivity contribution in [3.05, 3.63) is 34.3 Å². The topological polar surface area (TPSA) is 12.0 Å². The fraction of sp³-hybridized carbons (Fsp3) is 0.647. The van der Waals surface area contributed by atoms with E-state index in [9.17, 15) is 0 Å². The maximum atomic E-state index is 6.05. The third kappa shape index (κ3) is 5.97. The highest BCUT2D eigenvalue weighted by atomic mass is 35.5. The first-order valence-corrected chi connectivity index (χ1v) is 7.91. The van der Waals surface area contributed by atoms with E-state index in [2.05, 4.69) is 45.1 Å². The molecule has 0 saturated carbocycles. The molecular weight excluding hydrogens is 254 g/mol. The van der Waals surface area contributed by atoms with Gasteiger partial charge in [0.1, 0.15) is 0 Å².